The number of hydrogen-bond donors (Lipinski definition) is 2. The number of nitrogens with zero attached hydrogens (tertiary/aromatic N) is 1. The first-order valence-electron chi connectivity index (χ1n) is 9.28. The molecule has 1 unspecified atom stereocenters. The molecule has 1 atom stereocenters. The minimum absolute atomic E-state index is 0.00187. The highest BCUT2D eigenvalue weighted by molar-refractivity contribution is 5.78. The van der Waals surface area contributed by atoms with Crippen molar-refractivity contribution in [3.63, 3.8) is 0 Å². The van der Waals surface area contributed by atoms with E-state index in [1.165, 1.54) is 12.1 Å². The lowest BCUT2D eigenvalue weighted by molar-refractivity contribution is -0.137. The number of halogens is 3. The Kier molecular flexibility index (Phi) is 6.79. The molecule has 0 radical (unpaired) electrons. The fourth-order valence-corrected chi connectivity index (χ4v) is 2.79. The van der Waals surface area contributed by atoms with Gasteiger partial charge >= 0.3 is 6.18 Å². The van der Waals surface area contributed by atoms with Gasteiger partial charge < -0.3 is 19.7 Å². The zero-order valence-corrected chi connectivity index (χ0v) is 16.0. The minimum atomic E-state index is -4.47. The van der Waals surface area contributed by atoms with Crippen LogP contribution in [-0.2, 0) is 17.4 Å². The molecule has 0 bridgehead atoms. The van der Waals surface area contributed by atoms with Crippen molar-refractivity contribution in [1.29, 1.82) is 0 Å². The summed E-state index contributed by atoms with van der Waals surface area (Å²) in [5.74, 6) is -0.278. The van der Waals surface area contributed by atoms with Gasteiger partial charge in [0.15, 0.2) is 0 Å². The van der Waals surface area contributed by atoms with E-state index in [-0.39, 0.29) is 31.2 Å². The molecule has 1 aromatic heterocycles. The molecular weight excluding hydrogens is 397 g/mol. The number of carbonyl (C=O) groups is 1. The third-order valence-corrected chi connectivity index (χ3v) is 4.34. The molecular formula is C22H21F3N2O3. The number of amides is 1. The van der Waals surface area contributed by atoms with Crippen molar-refractivity contribution in [2.24, 2.45) is 0 Å². The van der Waals surface area contributed by atoms with Crippen molar-refractivity contribution in [1.82, 2.24) is 9.88 Å². The highest BCUT2D eigenvalue weighted by Gasteiger charge is 2.30. The summed E-state index contributed by atoms with van der Waals surface area (Å²) in [7, 11) is 0. The second kappa shape index (κ2) is 9.49. The molecule has 8 heteroatoms. The van der Waals surface area contributed by atoms with Crippen LogP contribution in [0.3, 0.4) is 0 Å². The molecule has 0 saturated carbocycles. The maximum atomic E-state index is 12.7. The van der Waals surface area contributed by atoms with Gasteiger partial charge in [-0.25, -0.2) is 0 Å². The average molecular weight is 418 g/mol. The van der Waals surface area contributed by atoms with Crippen LogP contribution in [0.4, 0.5) is 13.2 Å². The van der Waals surface area contributed by atoms with Gasteiger partial charge in [0.05, 0.1) is 12.0 Å². The van der Waals surface area contributed by atoms with Gasteiger partial charge in [-0.05, 0) is 48.0 Å². The Morgan fingerprint density at radius 2 is 1.77 bits per heavy atom. The van der Waals surface area contributed by atoms with Crippen LogP contribution in [0.2, 0.25) is 0 Å². The largest absolute Gasteiger partial charge is 0.491 e. The van der Waals surface area contributed by atoms with Crippen LogP contribution in [0.1, 0.15) is 11.1 Å². The Hall–Kier alpha value is -3.26. The number of nitrogens with one attached hydrogen (secondary N) is 1. The first kappa shape index (κ1) is 21.4. The van der Waals surface area contributed by atoms with E-state index in [0.29, 0.717) is 0 Å². The van der Waals surface area contributed by atoms with Crippen LogP contribution in [0.25, 0.3) is 5.69 Å². The van der Waals surface area contributed by atoms with E-state index in [4.69, 9.17) is 4.74 Å². The first-order valence-corrected chi connectivity index (χ1v) is 9.28. The molecule has 2 aromatic carbocycles. The second-order valence-electron chi connectivity index (χ2n) is 6.73. The van der Waals surface area contributed by atoms with Crippen molar-refractivity contribution < 1.29 is 27.8 Å². The van der Waals surface area contributed by atoms with Crippen molar-refractivity contribution in [2.75, 3.05) is 13.2 Å². The first-order chi connectivity index (χ1) is 14.3. The predicted molar refractivity (Wildman–Crippen MR) is 105 cm³/mol. The second-order valence-corrected chi connectivity index (χ2v) is 6.73. The SMILES string of the molecule is O=C(Cc1ccc(-n2cccc2)cc1)NCC(O)COc1cccc(C(F)(F)F)c1. The molecule has 0 aliphatic heterocycles. The number of aromatic nitrogens is 1. The molecule has 1 amide bonds. The summed E-state index contributed by atoms with van der Waals surface area (Å²) < 4.78 is 45.2. The number of aliphatic hydroxyl groups is 1. The normalized spacial score (nSPS) is 12.4. The predicted octanol–water partition coefficient (Wildman–Crippen LogP) is 3.59. The summed E-state index contributed by atoms with van der Waals surface area (Å²) in [4.78, 5) is 12.1. The van der Waals surface area contributed by atoms with Crippen LogP contribution in [0.5, 0.6) is 5.75 Å². The molecule has 3 aromatic rings. The fraction of sp³-hybridized carbons (Fsp3) is 0.227. The van der Waals surface area contributed by atoms with Crippen molar-refractivity contribution in [3.8, 4) is 11.4 Å². The Balaban J connectivity index is 1.42. The molecule has 1 heterocycles. The molecule has 0 spiro atoms. The lowest BCUT2D eigenvalue weighted by Crippen LogP contribution is -2.36. The monoisotopic (exact) mass is 418 g/mol. The summed E-state index contributed by atoms with van der Waals surface area (Å²) in [5, 5.41) is 12.5. The molecule has 3 rings (SSSR count). The molecule has 5 nitrogen and oxygen atoms in total. The molecule has 0 saturated heterocycles. The number of alkyl halides is 3. The minimum Gasteiger partial charge on any atom is -0.491 e. The van der Waals surface area contributed by atoms with Crippen LogP contribution in [0.15, 0.2) is 73.1 Å². The Bertz CT molecular complexity index is 955. The maximum Gasteiger partial charge on any atom is 0.416 e. The van der Waals surface area contributed by atoms with Crippen LogP contribution < -0.4 is 10.1 Å². The van der Waals surface area contributed by atoms with Crippen molar-refractivity contribution >= 4 is 5.91 Å². The molecule has 0 aliphatic rings. The van der Waals surface area contributed by atoms with E-state index in [9.17, 15) is 23.1 Å². The lowest BCUT2D eigenvalue weighted by Gasteiger charge is -2.14. The van der Waals surface area contributed by atoms with Crippen molar-refractivity contribution in [3.05, 3.63) is 84.2 Å². The topological polar surface area (TPSA) is 63.5 Å². The van der Waals surface area contributed by atoms with Crippen LogP contribution in [-0.4, -0.2) is 34.8 Å². The molecule has 30 heavy (non-hydrogen) atoms. The van der Waals surface area contributed by atoms with E-state index >= 15 is 0 Å². The number of rotatable bonds is 8. The number of carbonyl (C=O) groups excluding carboxylic acids is 1. The zero-order valence-electron chi connectivity index (χ0n) is 16.0. The van der Waals surface area contributed by atoms with Gasteiger partial charge in [-0.15, -0.1) is 0 Å². The molecule has 2 N–H and O–H groups in total. The third-order valence-electron chi connectivity index (χ3n) is 4.34. The van der Waals surface area contributed by atoms with Gasteiger partial charge in [0.25, 0.3) is 0 Å². The quantitative estimate of drug-likeness (QED) is 0.588. The summed E-state index contributed by atoms with van der Waals surface area (Å²) in [5.41, 5.74) is 0.968. The van der Waals surface area contributed by atoms with Gasteiger partial charge in [0, 0.05) is 24.6 Å². The molecule has 158 valence electrons. The highest BCUT2D eigenvalue weighted by atomic mass is 19.4. The standard InChI is InChI=1S/C22H21F3N2O3/c23-22(24,25)17-4-3-5-20(13-17)30-15-19(28)14-26-21(29)12-16-6-8-18(9-7-16)27-10-1-2-11-27/h1-11,13,19,28H,12,14-15H2,(H,26,29). The van der Waals surface area contributed by atoms with Gasteiger partial charge in [0.2, 0.25) is 5.91 Å². The van der Waals surface area contributed by atoms with Crippen LogP contribution >= 0.6 is 0 Å². The van der Waals surface area contributed by atoms with E-state index in [1.807, 2.05) is 53.4 Å². The number of ether oxygens (including phenoxy) is 1. The Morgan fingerprint density at radius 3 is 2.43 bits per heavy atom. The van der Waals surface area contributed by atoms with Crippen LogP contribution in [0, 0.1) is 0 Å². The van der Waals surface area contributed by atoms with E-state index in [1.54, 1.807) is 0 Å². The van der Waals surface area contributed by atoms with Gasteiger partial charge in [-0.2, -0.15) is 13.2 Å². The van der Waals surface area contributed by atoms with E-state index in [2.05, 4.69) is 5.32 Å². The summed E-state index contributed by atoms with van der Waals surface area (Å²) in [6.45, 7) is -0.313. The summed E-state index contributed by atoms with van der Waals surface area (Å²) in [6.07, 6.45) is -1.53. The summed E-state index contributed by atoms with van der Waals surface area (Å²) in [6, 6.07) is 15.8. The van der Waals surface area contributed by atoms with E-state index < -0.39 is 17.8 Å². The average Bonchev–Trinajstić information content (AvgIpc) is 3.26. The number of benzene rings is 2. The number of aliphatic hydroxyl groups excluding tert-OH is 1. The van der Waals surface area contributed by atoms with Gasteiger partial charge in [-0.3, -0.25) is 4.79 Å². The summed E-state index contributed by atoms with van der Waals surface area (Å²) >= 11 is 0. The Morgan fingerprint density at radius 1 is 1.07 bits per heavy atom. The third kappa shape index (κ3) is 6.12. The Labute approximate surface area is 171 Å². The zero-order chi connectivity index (χ0) is 21.6. The van der Waals surface area contributed by atoms with Gasteiger partial charge in [0.1, 0.15) is 18.5 Å². The highest BCUT2D eigenvalue weighted by Crippen LogP contribution is 2.31. The maximum absolute atomic E-state index is 12.7. The molecule has 0 aliphatic carbocycles. The molecule has 0 fully saturated rings. The van der Waals surface area contributed by atoms with E-state index in [0.717, 1.165) is 23.4 Å². The van der Waals surface area contributed by atoms with Gasteiger partial charge in [-0.1, -0.05) is 18.2 Å². The smallest absolute Gasteiger partial charge is 0.416 e. The van der Waals surface area contributed by atoms with Crippen molar-refractivity contribution in [2.45, 2.75) is 18.7 Å². The lowest BCUT2D eigenvalue weighted by atomic mass is 10.1. The fourth-order valence-electron chi connectivity index (χ4n) is 2.79. The number of hydrogen-bond acceptors (Lipinski definition) is 3.